The van der Waals surface area contributed by atoms with E-state index < -0.39 is 42.1 Å². The predicted molar refractivity (Wildman–Crippen MR) is 161 cm³/mol. The molecule has 0 aromatic carbocycles. The monoisotopic (exact) mass is 615 g/mol. The number of aromatic nitrogens is 3. The SMILES string of the molecule is CCCC(=O)Nc1ncnn2c([C@]3(C=NC)O[C@H](COC(=O)CC4CCCCC4)[C@@H](OCOC(=O)C(C)(C)C)[C@H]3O)ccc12. The number of nitrogens with zero attached hydrogens (tertiary/aromatic N) is 4. The van der Waals surface area contributed by atoms with E-state index in [0.29, 0.717) is 42.2 Å². The van der Waals surface area contributed by atoms with Crippen molar-refractivity contribution in [1.29, 1.82) is 0 Å². The Kier molecular flexibility index (Phi) is 11.1. The quantitative estimate of drug-likeness (QED) is 0.205. The van der Waals surface area contributed by atoms with Crippen LogP contribution < -0.4 is 5.32 Å². The fourth-order valence-electron chi connectivity index (χ4n) is 5.73. The number of ether oxygens (including phenoxy) is 4. The van der Waals surface area contributed by atoms with Crippen LogP contribution >= 0.6 is 0 Å². The Morgan fingerprint density at radius 2 is 1.95 bits per heavy atom. The van der Waals surface area contributed by atoms with Crippen molar-refractivity contribution in [2.45, 2.75) is 103 Å². The van der Waals surface area contributed by atoms with E-state index in [1.54, 1.807) is 32.9 Å². The summed E-state index contributed by atoms with van der Waals surface area (Å²) in [6.45, 7) is 6.42. The molecule has 2 N–H and O–H groups in total. The molecule has 0 radical (unpaired) electrons. The van der Waals surface area contributed by atoms with Gasteiger partial charge in [-0.1, -0.05) is 26.2 Å². The summed E-state index contributed by atoms with van der Waals surface area (Å²) >= 11 is 0. The Morgan fingerprint density at radius 3 is 2.64 bits per heavy atom. The number of amides is 1. The maximum absolute atomic E-state index is 12.8. The van der Waals surface area contributed by atoms with Crippen LogP contribution in [0.15, 0.2) is 23.5 Å². The zero-order valence-electron chi connectivity index (χ0n) is 26.3. The van der Waals surface area contributed by atoms with Crippen molar-refractivity contribution >= 4 is 35.4 Å². The average Bonchev–Trinajstić information content (AvgIpc) is 3.53. The van der Waals surface area contributed by atoms with Crippen molar-refractivity contribution < 1.29 is 38.4 Å². The number of nitrogens with one attached hydrogen (secondary N) is 1. The van der Waals surface area contributed by atoms with Crippen molar-refractivity contribution in [2.75, 3.05) is 25.8 Å². The molecule has 3 heterocycles. The van der Waals surface area contributed by atoms with Gasteiger partial charge in [0.15, 0.2) is 18.2 Å². The number of aliphatic hydroxyl groups excluding tert-OH is 1. The molecule has 1 aliphatic carbocycles. The Balaban J connectivity index is 1.61. The molecule has 0 spiro atoms. The van der Waals surface area contributed by atoms with E-state index in [4.69, 9.17) is 18.9 Å². The Bertz CT molecular complexity index is 1330. The third kappa shape index (κ3) is 7.62. The zero-order valence-corrected chi connectivity index (χ0v) is 26.3. The lowest BCUT2D eigenvalue weighted by Gasteiger charge is -2.28. The van der Waals surface area contributed by atoms with Crippen molar-refractivity contribution in [3.05, 3.63) is 24.2 Å². The molecule has 13 heteroatoms. The molecule has 2 aliphatic rings. The summed E-state index contributed by atoms with van der Waals surface area (Å²) in [6.07, 6.45) is 6.06. The first-order chi connectivity index (χ1) is 21.0. The number of anilines is 1. The van der Waals surface area contributed by atoms with Crippen LogP contribution in [-0.4, -0.2) is 82.5 Å². The summed E-state index contributed by atoms with van der Waals surface area (Å²) < 4.78 is 24.9. The summed E-state index contributed by atoms with van der Waals surface area (Å²) in [4.78, 5) is 45.9. The van der Waals surface area contributed by atoms with Crippen LogP contribution in [0.4, 0.5) is 5.82 Å². The summed E-state index contributed by atoms with van der Waals surface area (Å²) in [5.41, 5.74) is -1.49. The van der Waals surface area contributed by atoms with Crippen molar-refractivity contribution in [1.82, 2.24) is 14.6 Å². The number of aliphatic hydroxyl groups is 1. The smallest absolute Gasteiger partial charge is 0.313 e. The van der Waals surface area contributed by atoms with Crippen molar-refractivity contribution in [2.24, 2.45) is 16.3 Å². The van der Waals surface area contributed by atoms with Gasteiger partial charge < -0.3 is 29.4 Å². The van der Waals surface area contributed by atoms with Crippen LogP contribution in [0.25, 0.3) is 5.52 Å². The molecule has 1 saturated carbocycles. The highest BCUT2D eigenvalue weighted by Crippen LogP contribution is 2.41. The van der Waals surface area contributed by atoms with E-state index in [-0.39, 0.29) is 18.5 Å². The van der Waals surface area contributed by atoms with Crippen molar-refractivity contribution in [3.8, 4) is 0 Å². The number of carbonyl (C=O) groups is 3. The summed E-state index contributed by atoms with van der Waals surface area (Å²) in [6, 6.07) is 3.40. The van der Waals surface area contributed by atoms with Gasteiger partial charge in [-0.25, -0.2) is 9.50 Å². The highest BCUT2D eigenvalue weighted by atomic mass is 16.7. The van der Waals surface area contributed by atoms with Crippen LogP contribution in [0.5, 0.6) is 0 Å². The highest BCUT2D eigenvalue weighted by molar-refractivity contribution is 5.93. The maximum Gasteiger partial charge on any atom is 0.313 e. The van der Waals surface area contributed by atoms with Gasteiger partial charge in [0, 0.05) is 26.1 Å². The predicted octanol–water partition coefficient (Wildman–Crippen LogP) is 3.57. The molecular formula is C31H45N5O8. The number of hydrogen-bond donors (Lipinski definition) is 2. The summed E-state index contributed by atoms with van der Waals surface area (Å²) in [5.74, 6) is -0.417. The fourth-order valence-corrected chi connectivity index (χ4v) is 5.73. The Hall–Kier alpha value is -3.42. The summed E-state index contributed by atoms with van der Waals surface area (Å²) in [5, 5.41) is 19.0. The number of carbonyl (C=O) groups excluding carboxylic acids is 3. The first-order valence-corrected chi connectivity index (χ1v) is 15.4. The second-order valence-corrected chi connectivity index (χ2v) is 12.5. The van der Waals surface area contributed by atoms with Crippen LogP contribution in [-0.2, 0) is 38.9 Å². The van der Waals surface area contributed by atoms with Gasteiger partial charge in [-0.2, -0.15) is 5.10 Å². The molecule has 1 saturated heterocycles. The third-order valence-corrected chi connectivity index (χ3v) is 8.02. The molecule has 2 aromatic rings. The molecule has 2 fully saturated rings. The van der Waals surface area contributed by atoms with Gasteiger partial charge in [0.2, 0.25) is 5.91 Å². The van der Waals surface area contributed by atoms with E-state index in [9.17, 15) is 19.5 Å². The number of rotatable bonds is 12. The average molecular weight is 616 g/mol. The molecule has 4 rings (SSSR count). The van der Waals surface area contributed by atoms with Gasteiger partial charge in [0.25, 0.3) is 0 Å². The van der Waals surface area contributed by atoms with Gasteiger partial charge in [-0.05, 0) is 58.1 Å². The lowest BCUT2D eigenvalue weighted by Crippen LogP contribution is -2.44. The van der Waals surface area contributed by atoms with Crippen LogP contribution in [0.2, 0.25) is 0 Å². The number of aliphatic imine (C=N–C) groups is 1. The Morgan fingerprint density at radius 1 is 1.20 bits per heavy atom. The van der Waals surface area contributed by atoms with E-state index in [0.717, 1.165) is 25.7 Å². The van der Waals surface area contributed by atoms with Crippen LogP contribution in [0.3, 0.4) is 0 Å². The van der Waals surface area contributed by atoms with Gasteiger partial charge in [-0.3, -0.25) is 19.4 Å². The molecule has 0 unspecified atom stereocenters. The first kappa shape index (κ1) is 33.5. The highest BCUT2D eigenvalue weighted by Gasteiger charge is 2.57. The van der Waals surface area contributed by atoms with E-state index >= 15 is 0 Å². The van der Waals surface area contributed by atoms with Gasteiger partial charge >= 0.3 is 11.9 Å². The zero-order chi connectivity index (χ0) is 31.9. The number of hydrogen-bond acceptors (Lipinski definition) is 11. The molecule has 1 aliphatic heterocycles. The number of esters is 2. The number of fused-ring (bicyclic) bond motifs is 1. The van der Waals surface area contributed by atoms with Gasteiger partial charge in [-0.15, -0.1) is 0 Å². The largest absolute Gasteiger partial charge is 0.463 e. The molecular weight excluding hydrogens is 570 g/mol. The molecule has 2 aromatic heterocycles. The fraction of sp³-hybridized carbons (Fsp3) is 0.677. The Labute approximate surface area is 257 Å². The van der Waals surface area contributed by atoms with E-state index in [1.807, 2.05) is 6.92 Å². The minimum atomic E-state index is -1.60. The van der Waals surface area contributed by atoms with Crippen LogP contribution in [0, 0.1) is 11.3 Å². The van der Waals surface area contributed by atoms with Crippen LogP contribution in [0.1, 0.15) is 84.8 Å². The van der Waals surface area contributed by atoms with E-state index in [2.05, 4.69) is 20.4 Å². The molecule has 242 valence electrons. The minimum absolute atomic E-state index is 0.189. The topological polar surface area (TPSA) is 163 Å². The lowest BCUT2D eigenvalue weighted by atomic mass is 9.87. The standard InChI is InChI=1S/C31H45N5O8/c1-6-10-24(37)35-28-21-13-14-23(36(21)34-18-33-28)31(17-32-5)27(39)26(42-19-43-29(40)30(2,3)4)22(44-31)16-41-25(38)15-20-11-8-7-9-12-20/h13-14,17-18,20,22,26-27,39H,6-12,15-16,19H2,1-5H3,(H,33,34,35,37)/t22-,26-,27-,31+/m1/s1. The van der Waals surface area contributed by atoms with E-state index in [1.165, 1.54) is 30.5 Å². The first-order valence-electron chi connectivity index (χ1n) is 15.4. The molecule has 0 bridgehead atoms. The molecule has 13 nitrogen and oxygen atoms in total. The molecule has 4 atom stereocenters. The van der Waals surface area contributed by atoms with Gasteiger partial charge in [0.1, 0.15) is 36.8 Å². The maximum atomic E-state index is 12.8. The minimum Gasteiger partial charge on any atom is -0.463 e. The van der Waals surface area contributed by atoms with Crippen molar-refractivity contribution in [3.63, 3.8) is 0 Å². The second-order valence-electron chi connectivity index (χ2n) is 12.5. The molecule has 1 amide bonds. The second kappa shape index (κ2) is 14.6. The molecule has 44 heavy (non-hydrogen) atoms. The normalized spacial score (nSPS) is 24.5. The third-order valence-electron chi connectivity index (χ3n) is 8.02. The summed E-state index contributed by atoms with van der Waals surface area (Å²) in [7, 11) is 1.54. The van der Waals surface area contributed by atoms with Gasteiger partial charge in [0.05, 0.1) is 11.1 Å². The lowest BCUT2D eigenvalue weighted by molar-refractivity contribution is -0.178.